The predicted molar refractivity (Wildman–Crippen MR) is 78.1 cm³/mol. The Morgan fingerprint density at radius 3 is 2.72 bits per heavy atom. The molecule has 0 spiro atoms. The van der Waals surface area contributed by atoms with Crippen molar-refractivity contribution in [3.63, 3.8) is 0 Å². The summed E-state index contributed by atoms with van der Waals surface area (Å²) in [5, 5.41) is 1.86. The van der Waals surface area contributed by atoms with E-state index in [0.717, 1.165) is 10.0 Å². The van der Waals surface area contributed by atoms with Crippen LogP contribution in [0.5, 0.6) is 0 Å². The predicted octanol–water partition coefficient (Wildman–Crippen LogP) is 3.42. The van der Waals surface area contributed by atoms with Crippen LogP contribution in [0, 0.1) is 0 Å². The zero-order valence-electron chi connectivity index (χ0n) is 9.44. The molecule has 0 aliphatic heterocycles. The lowest BCUT2D eigenvalue weighted by molar-refractivity contribution is 0.0946. The highest BCUT2D eigenvalue weighted by molar-refractivity contribution is 9.10. The van der Waals surface area contributed by atoms with Gasteiger partial charge in [0.2, 0.25) is 0 Å². The molecule has 0 fully saturated rings. The summed E-state index contributed by atoms with van der Waals surface area (Å²) in [4.78, 5) is 12.4. The summed E-state index contributed by atoms with van der Waals surface area (Å²) in [6, 6.07) is 11.3. The van der Waals surface area contributed by atoms with Crippen LogP contribution in [0.1, 0.15) is 15.2 Å². The maximum atomic E-state index is 11.7. The SMILES string of the molecule is C=C(NNC(=O)c1cccs1)c1cccc(Br)c1. The van der Waals surface area contributed by atoms with Gasteiger partial charge in [-0.05, 0) is 29.1 Å². The van der Waals surface area contributed by atoms with Gasteiger partial charge in [-0.2, -0.15) is 0 Å². The molecule has 0 bridgehead atoms. The van der Waals surface area contributed by atoms with Crippen molar-refractivity contribution in [3.8, 4) is 0 Å². The first-order valence-corrected chi connectivity index (χ1v) is 6.89. The van der Waals surface area contributed by atoms with Crippen molar-refractivity contribution >= 4 is 38.9 Å². The largest absolute Gasteiger partial charge is 0.298 e. The highest BCUT2D eigenvalue weighted by Gasteiger charge is 2.06. The van der Waals surface area contributed by atoms with Gasteiger partial charge in [-0.15, -0.1) is 11.3 Å². The van der Waals surface area contributed by atoms with E-state index < -0.39 is 0 Å². The monoisotopic (exact) mass is 322 g/mol. The van der Waals surface area contributed by atoms with E-state index in [2.05, 4.69) is 33.4 Å². The molecule has 0 saturated heterocycles. The molecule has 0 saturated carbocycles. The van der Waals surface area contributed by atoms with Gasteiger partial charge in [0.05, 0.1) is 10.6 Å². The molecule has 1 aromatic carbocycles. The second kappa shape index (κ2) is 5.84. The summed E-state index contributed by atoms with van der Waals surface area (Å²) in [5.74, 6) is -0.166. The summed E-state index contributed by atoms with van der Waals surface area (Å²) in [7, 11) is 0. The van der Waals surface area contributed by atoms with Crippen molar-refractivity contribution in [1.29, 1.82) is 0 Å². The zero-order chi connectivity index (χ0) is 13.0. The molecule has 1 aromatic heterocycles. The zero-order valence-corrected chi connectivity index (χ0v) is 11.8. The quantitative estimate of drug-likeness (QED) is 0.847. The Balaban J connectivity index is 1.95. The van der Waals surface area contributed by atoms with Gasteiger partial charge in [0.1, 0.15) is 0 Å². The standard InChI is InChI=1S/C13H11BrN2OS/c1-9(10-4-2-5-11(14)8-10)15-16-13(17)12-6-3-7-18-12/h2-8,15H,1H2,(H,16,17). The highest BCUT2D eigenvalue weighted by Crippen LogP contribution is 2.16. The molecular formula is C13H11BrN2OS. The average molecular weight is 323 g/mol. The molecule has 1 amide bonds. The molecular weight excluding hydrogens is 312 g/mol. The first-order chi connectivity index (χ1) is 8.66. The van der Waals surface area contributed by atoms with Gasteiger partial charge in [0.25, 0.3) is 5.91 Å². The van der Waals surface area contributed by atoms with E-state index in [1.165, 1.54) is 11.3 Å². The molecule has 0 radical (unpaired) electrons. The lowest BCUT2D eigenvalue weighted by Crippen LogP contribution is -2.35. The lowest BCUT2D eigenvalue weighted by atomic mass is 10.2. The Labute approximate surface area is 118 Å². The molecule has 2 aromatic rings. The van der Waals surface area contributed by atoms with Crippen LogP contribution < -0.4 is 10.9 Å². The van der Waals surface area contributed by atoms with E-state index in [9.17, 15) is 4.79 Å². The van der Waals surface area contributed by atoms with Crippen LogP contribution in [0.2, 0.25) is 0 Å². The third kappa shape index (κ3) is 3.21. The van der Waals surface area contributed by atoms with E-state index >= 15 is 0 Å². The summed E-state index contributed by atoms with van der Waals surface area (Å²) < 4.78 is 0.965. The van der Waals surface area contributed by atoms with Crippen LogP contribution in [0.25, 0.3) is 5.70 Å². The molecule has 0 aliphatic carbocycles. The number of thiophene rings is 1. The van der Waals surface area contributed by atoms with Gasteiger partial charge in [0, 0.05) is 4.47 Å². The van der Waals surface area contributed by atoms with Gasteiger partial charge < -0.3 is 0 Å². The van der Waals surface area contributed by atoms with E-state index in [4.69, 9.17) is 0 Å². The van der Waals surface area contributed by atoms with Crippen molar-refractivity contribution in [2.45, 2.75) is 0 Å². The van der Waals surface area contributed by atoms with Crippen LogP contribution >= 0.6 is 27.3 Å². The van der Waals surface area contributed by atoms with E-state index in [-0.39, 0.29) is 5.91 Å². The molecule has 5 heteroatoms. The fourth-order valence-corrected chi connectivity index (χ4v) is 2.37. The van der Waals surface area contributed by atoms with Crippen molar-refractivity contribution in [2.75, 3.05) is 0 Å². The molecule has 0 atom stereocenters. The maximum Gasteiger partial charge on any atom is 0.279 e. The molecule has 1 heterocycles. The van der Waals surface area contributed by atoms with Crippen molar-refractivity contribution in [1.82, 2.24) is 10.9 Å². The third-order valence-electron chi connectivity index (χ3n) is 2.24. The number of halogens is 1. The van der Waals surface area contributed by atoms with Gasteiger partial charge in [-0.25, -0.2) is 0 Å². The van der Waals surface area contributed by atoms with Crippen LogP contribution in [0.4, 0.5) is 0 Å². The number of amides is 1. The number of nitrogens with one attached hydrogen (secondary N) is 2. The minimum atomic E-state index is -0.166. The number of rotatable bonds is 4. The Morgan fingerprint density at radius 1 is 1.22 bits per heavy atom. The first-order valence-electron chi connectivity index (χ1n) is 5.21. The summed E-state index contributed by atoms with van der Waals surface area (Å²) in [6.07, 6.45) is 0. The molecule has 0 unspecified atom stereocenters. The molecule has 2 N–H and O–H groups in total. The fourth-order valence-electron chi connectivity index (χ4n) is 1.35. The average Bonchev–Trinajstić information content (AvgIpc) is 2.89. The minimum absolute atomic E-state index is 0.166. The number of hydrazine groups is 1. The number of carbonyl (C=O) groups is 1. The molecule has 18 heavy (non-hydrogen) atoms. The molecule has 92 valence electrons. The number of hydrogen-bond acceptors (Lipinski definition) is 3. The molecule has 3 nitrogen and oxygen atoms in total. The fraction of sp³-hybridized carbons (Fsp3) is 0. The van der Waals surface area contributed by atoms with Crippen LogP contribution in [-0.4, -0.2) is 5.91 Å². The first kappa shape index (κ1) is 12.9. The smallest absolute Gasteiger partial charge is 0.279 e. The maximum absolute atomic E-state index is 11.7. The van der Waals surface area contributed by atoms with Crippen molar-refractivity contribution in [3.05, 3.63) is 63.3 Å². The number of carbonyl (C=O) groups excluding carboxylic acids is 1. The topological polar surface area (TPSA) is 41.1 Å². The third-order valence-corrected chi connectivity index (χ3v) is 3.61. The van der Waals surface area contributed by atoms with Crippen LogP contribution in [0.15, 0.2) is 52.8 Å². The summed E-state index contributed by atoms with van der Waals surface area (Å²) >= 11 is 4.78. The molecule has 0 aliphatic rings. The van der Waals surface area contributed by atoms with Crippen molar-refractivity contribution < 1.29 is 4.79 Å². The summed E-state index contributed by atoms with van der Waals surface area (Å²) in [5.41, 5.74) is 6.97. The number of benzene rings is 1. The highest BCUT2D eigenvalue weighted by atomic mass is 79.9. The van der Waals surface area contributed by atoms with Gasteiger partial charge in [-0.3, -0.25) is 15.6 Å². The van der Waals surface area contributed by atoms with Gasteiger partial charge in [0.15, 0.2) is 0 Å². The minimum Gasteiger partial charge on any atom is -0.298 e. The van der Waals surface area contributed by atoms with Crippen LogP contribution in [0.3, 0.4) is 0 Å². The second-order valence-corrected chi connectivity index (χ2v) is 5.41. The van der Waals surface area contributed by atoms with E-state index in [0.29, 0.717) is 10.6 Å². The normalized spacial score (nSPS) is 9.83. The second-order valence-electron chi connectivity index (χ2n) is 3.55. The Bertz CT molecular complexity index is 566. The Morgan fingerprint density at radius 2 is 2.06 bits per heavy atom. The Hall–Kier alpha value is -1.59. The van der Waals surface area contributed by atoms with Crippen LogP contribution in [-0.2, 0) is 0 Å². The molecule has 2 rings (SSSR count). The van der Waals surface area contributed by atoms with E-state index in [1.54, 1.807) is 6.07 Å². The van der Waals surface area contributed by atoms with E-state index in [1.807, 2.05) is 35.7 Å². The number of hydrogen-bond donors (Lipinski definition) is 2. The lowest BCUT2D eigenvalue weighted by Gasteiger charge is -2.10. The van der Waals surface area contributed by atoms with Crippen molar-refractivity contribution in [2.24, 2.45) is 0 Å². The Kier molecular flexibility index (Phi) is 4.17. The van der Waals surface area contributed by atoms with Gasteiger partial charge >= 0.3 is 0 Å². The van der Waals surface area contributed by atoms with Gasteiger partial charge in [-0.1, -0.05) is 40.7 Å². The summed E-state index contributed by atoms with van der Waals surface area (Å²) in [6.45, 7) is 3.88.